The largest absolute Gasteiger partial charge is 0.491 e. The van der Waals surface area contributed by atoms with Crippen LogP contribution in [0, 0.1) is 19.7 Å². The van der Waals surface area contributed by atoms with Crippen molar-refractivity contribution in [3.05, 3.63) is 178 Å². The zero-order valence-electron chi connectivity index (χ0n) is 71.7. The first-order valence-corrected chi connectivity index (χ1v) is 42.2. The number of nitrogens with one attached hydrogen (secondary N) is 10. The molecule has 0 saturated heterocycles. The lowest BCUT2D eigenvalue weighted by atomic mass is 10.0. The maximum Gasteiger partial charge on any atom is 0.291 e. The number of halogens is 1. The molecule has 0 atom stereocenters. The second-order valence-electron chi connectivity index (χ2n) is 28.9. The van der Waals surface area contributed by atoms with E-state index in [2.05, 4.69) is 67.8 Å². The standard InChI is InChI=1S/C84H104FN19O22S/c1-53-42-55(85)43-54(2)74(53)126-67-15-14-60(127(9,115)116)46-61(67)63-50-104(8)84(114)73-62(63)47-64(94-73)78(108)91-56-10-12-59(13-11-56)125-41-40-124-39-38-123-37-36-122-35-34-121-33-32-120-31-30-119-29-28-118-27-26-117-25-23-86-70(105)16-19-90-81(111)76-97-68(51-102(76)6)95-71(106)17-20-89-80(110)66-45-58(49-101(66)5)93-83(113)77-98-69(52-103(77)7)96-72(107)18-21-88-79(109)65-44-57(48-100(65)4)92-82(112)75-87-22-24-99(75)3/h10-15,22,24,42-52,94H,16-21,23,25-41H2,1-9H3,(H,86,105)(H,88,109)(H,89,110)(H,90,111)(H,91,108)(H,92,112)(H,93,113)(H,95,106)(H,96,107). The van der Waals surface area contributed by atoms with Gasteiger partial charge in [-0.1, -0.05) is 0 Å². The van der Waals surface area contributed by atoms with Crippen LogP contribution in [0.2, 0.25) is 0 Å². The summed E-state index contributed by atoms with van der Waals surface area (Å²) in [5.41, 5.74) is 3.00. The highest BCUT2D eigenvalue weighted by Crippen LogP contribution is 2.40. The average molecular weight is 1780 g/mol. The highest BCUT2D eigenvalue weighted by molar-refractivity contribution is 7.90. The molecular formula is C84H104FN19O22S. The Morgan fingerprint density at radius 3 is 1.38 bits per heavy atom. The van der Waals surface area contributed by atoms with Crippen molar-refractivity contribution in [2.24, 2.45) is 42.3 Å². The number of hydrogen-bond acceptors (Lipinski definition) is 25. The molecule has 0 aliphatic rings. The third kappa shape index (κ3) is 28.9. The van der Waals surface area contributed by atoms with Crippen LogP contribution in [0.25, 0.3) is 22.0 Å². The number of anilines is 5. The smallest absolute Gasteiger partial charge is 0.291 e. The van der Waals surface area contributed by atoms with Crippen molar-refractivity contribution in [3.8, 4) is 28.4 Å². The Balaban J connectivity index is 0.475. The summed E-state index contributed by atoms with van der Waals surface area (Å²) in [6, 6.07) is 18.2. The van der Waals surface area contributed by atoms with Crippen LogP contribution in [-0.4, -0.2) is 254 Å². The van der Waals surface area contributed by atoms with Gasteiger partial charge >= 0.3 is 0 Å². The first kappa shape index (κ1) is 96.0. The molecular weight excluding hydrogens is 1680 g/mol. The zero-order valence-corrected chi connectivity index (χ0v) is 72.5. The number of carbonyl (C=O) groups excluding carboxylic acids is 9. The van der Waals surface area contributed by atoms with Crippen LogP contribution in [0.5, 0.6) is 17.2 Å². The van der Waals surface area contributed by atoms with Crippen molar-refractivity contribution in [2.45, 2.75) is 38.0 Å². The van der Waals surface area contributed by atoms with Crippen LogP contribution in [0.1, 0.15) is 93.7 Å². The highest BCUT2D eigenvalue weighted by Gasteiger charge is 2.26. The van der Waals surface area contributed by atoms with Gasteiger partial charge in [-0.05, 0) is 97.8 Å². The normalized spacial score (nSPS) is 11.4. The number of aromatic nitrogens is 10. The maximum absolute atomic E-state index is 14.2. The molecule has 0 spiro atoms. The van der Waals surface area contributed by atoms with Gasteiger partial charge in [-0.15, -0.1) is 0 Å². The van der Waals surface area contributed by atoms with Gasteiger partial charge in [0.25, 0.3) is 41.0 Å². The number of fused-ring (bicyclic) bond motifs is 1. The van der Waals surface area contributed by atoms with Gasteiger partial charge in [-0.2, -0.15) is 0 Å². The third-order valence-corrected chi connectivity index (χ3v) is 20.0. The molecule has 3 aromatic carbocycles. The first-order valence-electron chi connectivity index (χ1n) is 40.3. The molecule has 41 nitrogen and oxygen atoms in total. The van der Waals surface area contributed by atoms with Crippen molar-refractivity contribution >= 4 is 103 Å². The van der Waals surface area contributed by atoms with Gasteiger partial charge in [0.15, 0.2) is 27.3 Å². The molecule has 0 aliphatic carbocycles. The molecule has 10 aromatic rings. The fourth-order valence-electron chi connectivity index (χ4n) is 12.6. The number of hydrogen-bond donors (Lipinski definition) is 10. The molecule has 127 heavy (non-hydrogen) atoms. The topological polar surface area (TPSA) is 489 Å². The maximum atomic E-state index is 14.2. The Hall–Kier alpha value is -13.3. The predicted molar refractivity (Wildman–Crippen MR) is 462 cm³/mol. The Morgan fingerprint density at radius 2 is 0.890 bits per heavy atom. The number of H-pyrrole nitrogens is 1. The first-order chi connectivity index (χ1) is 61.0. The number of aromatic amines is 1. The molecule has 43 heteroatoms. The molecule has 0 radical (unpaired) electrons. The molecule has 0 saturated carbocycles. The van der Waals surface area contributed by atoms with Crippen LogP contribution in [0.4, 0.5) is 33.1 Å². The van der Waals surface area contributed by atoms with Crippen molar-refractivity contribution in [1.29, 1.82) is 0 Å². The molecule has 0 aliphatic heterocycles. The summed E-state index contributed by atoms with van der Waals surface area (Å²) in [6.45, 7) is 9.45. The van der Waals surface area contributed by atoms with Gasteiger partial charge in [0.1, 0.15) is 52.3 Å². The lowest BCUT2D eigenvalue weighted by Crippen LogP contribution is -2.33. The number of nitrogens with zero attached hydrogens (tertiary/aromatic N) is 9. The van der Waals surface area contributed by atoms with Crippen molar-refractivity contribution < 1.29 is 103 Å². The van der Waals surface area contributed by atoms with E-state index in [4.69, 9.17) is 47.4 Å². The fourth-order valence-corrected chi connectivity index (χ4v) is 13.3. The summed E-state index contributed by atoms with van der Waals surface area (Å²) in [5, 5.41) is 24.5. The Kier molecular flexibility index (Phi) is 35.6. The van der Waals surface area contributed by atoms with E-state index >= 15 is 0 Å². The SMILES string of the molecule is Cc1cc(F)cc(C)c1Oc1ccc(S(C)(=O)=O)cc1-c1cn(C)c(=O)c2[nH]c(C(=O)Nc3ccc(OCCOCCOCCOCCOCCOCCOCCOCCOCCNC(=O)CCNC(=O)c4nc(NC(=O)CCNC(=O)c5cc(NC(=O)c6nc(NC(=O)CCNC(=O)c7cc(NC(=O)c8nccn8C)cn7C)cn6C)cn5C)cn4C)cc3)cc12. The summed E-state index contributed by atoms with van der Waals surface area (Å²) >= 11 is 0. The quantitative estimate of drug-likeness (QED) is 0.0222. The number of imidazole rings is 3. The summed E-state index contributed by atoms with van der Waals surface area (Å²) < 4.78 is 105. The summed E-state index contributed by atoms with van der Waals surface area (Å²) in [7, 11) is 5.86. The molecule has 7 heterocycles. The molecule has 7 aromatic heterocycles. The summed E-state index contributed by atoms with van der Waals surface area (Å²) in [4.78, 5) is 145. The van der Waals surface area contributed by atoms with E-state index in [1.54, 1.807) is 96.5 Å². The van der Waals surface area contributed by atoms with Crippen LogP contribution in [-0.2, 0) is 104 Å². The molecule has 680 valence electrons. The minimum absolute atomic E-state index is 0.000836. The van der Waals surface area contributed by atoms with Gasteiger partial charge in [0.2, 0.25) is 29.4 Å². The number of aryl methyl sites for hydroxylation is 8. The lowest BCUT2D eigenvalue weighted by Gasteiger charge is -2.17. The second-order valence-corrected chi connectivity index (χ2v) is 30.9. The van der Waals surface area contributed by atoms with E-state index < -0.39 is 68.5 Å². The number of pyridine rings is 1. The molecule has 10 N–H and O–H groups in total. The third-order valence-electron chi connectivity index (χ3n) is 18.9. The van der Waals surface area contributed by atoms with E-state index in [-0.39, 0.29) is 133 Å². The van der Waals surface area contributed by atoms with Crippen LogP contribution >= 0.6 is 0 Å². The minimum atomic E-state index is -3.69. The molecule has 9 amide bonds. The van der Waals surface area contributed by atoms with Gasteiger partial charge in [0.05, 0.1) is 122 Å². The Bertz CT molecular complexity index is 5670. The highest BCUT2D eigenvalue weighted by atomic mass is 32.2. The predicted octanol–water partition coefficient (Wildman–Crippen LogP) is 5.08. The van der Waals surface area contributed by atoms with E-state index in [0.717, 1.165) is 6.26 Å². The van der Waals surface area contributed by atoms with Gasteiger partial charge < -0.3 is 128 Å². The number of rotatable bonds is 52. The van der Waals surface area contributed by atoms with Crippen molar-refractivity contribution in [1.82, 2.24) is 68.6 Å². The van der Waals surface area contributed by atoms with Crippen LogP contribution in [0.15, 0.2) is 126 Å². The van der Waals surface area contributed by atoms with Gasteiger partial charge in [-0.3, -0.25) is 47.9 Å². The van der Waals surface area contributed by atoms with E-state index in [0.29, 0.717) is 150 Å². The molecule has 0 unspecified atom stereocenters. The summed E-state index contributed by atoms with van der Waals surface area (Å²) in [5.74, 6) is -3.54. The Labute approximate surface area is 729 Å². The van der Waals surface area contributed by atoms with Crippen molar-refractivity contribution in [2.75, 3.05) is 171 Å². The van der Waals surface area contributed by atoms with Gasteiger partial charge in [-0.25, -0.2) is 27.8 Å². The fraction of sp³-hybridized carbons (Fsp3) is 0.393. The molecule has 0 fully saturated rings. The number of benzene rings is 3. The number of amides is 9. The number of sulfone groups is 1. The van der Waals surface area contributed by atoms with Gasteiger partial charge in [0, 0.05) is 160 Å². The molecule has 0 bridgehead atoms. The van der Waals surface area contributed by atoms with E-state index in [1.807, 2.05) is 0 Å². The lowest BCUT2D eigenvalue weighted by molar-refractivity contribution is -0.121. The van der Waals surface area contributed by atoms with Crippen LogP contribution < -0.4 is 62.9 Å². The monoisotopic (exact) mass is 1780 g/mol. The average Bonchev–Trinajstić information content (AvgIpc) is 1.73. The molecule has 10 rings (SSSR count). The minimum Gasteiger partial charge on any atom is -0.491 e. The van der Waals surface area contributed by atoms with E-state index in [9.17, 15) is 60.8 Å². The van der Waals surface area contributed by atoms with Crippen molar-refractivity contribution in [3.63, 3.8) is 0 Å². The van der Waals surface area contributed by atoms with E-state index in [1.165, 1.54) is 103 Å². The number of ether oxygens (including phenoxy) is 10. The Morgan fingerprint density at radius 1 is 0.433 bits per heavy atom. The van der Waals surface area contributed by atoms with Crippen LogP contribution in [0.3, 0.4) is 0 Å². The second kappa shape index (κ2) is 47.2. The number of carbonyl (C=O) groups is 9. The zero-order chi connectivity index (χ0) is 91.1. The summed E-state index contributed by atoms with van der Waals surface area (Å²) in [6.07, 6.45) is 11.4.